The number of hydrogen-bond donors (Lipinski definition) is 2. The fraction of sp³-hybridized carbons (Fsp3) is 0.333. The van der Waals surface area contributed by atoms with E-state index in [0.717, 1.165) is 23.0 Å². The van der Waals surface area contributed by atoms with Gasteiger partial charge >= 0.3 is 5.69 Å². The van der Waals surface area contributed by atoms with Crippen molar-refractivity contribution in [2.75, 3.05) is 11.5 Å². The summed E-state index contributed by atoms with van der Waals surface area (Å²) in [6, 6.07) is 7.58. The van der Waals surface area contributed by atoms with E-state index in [1.807, 2.05) is 45.0 Å². The van der Waals surface area contributed by atoms with E-state index < -0.39 is 17.0 Å². The number of benzene rings is 1. The van der Waals surface area contributed by atoms with Gasteiger partial charge in [-0.15, -0.1) is 5.10 Å². The third-order valence-electron chi connectivity index (χ3n) is 4.12. The summed E-state index contributed by atoms with van der Waals surface area (Å²) in [5.41, 5.74) is 6.17. The van der Waals surface area contributed by atoms with Crippen LogP contribution in [0.25, 0.3) is 5.69 Å². The number of nitrogens with zero attached hydrogens (tertiary/aromatic N) is 5. The number of carbonyl (C=O) groups is 1. The SMILES string of the molecule is Cc1ccc(-n2nnnc2SCC(=O)c2c(N)n(CC(C)C)c(=O)[nH]c2=O)cc1. The van der Waals surface area contributed by atoms with Gasteiger partial charge in [-0.3, -0.25) is 19.1 Å². The van der Waals surface area contributed by atoms with Gasteiger partial charge in [0, 0.05) is 6.54 Å². The van der Waals surface area contributed by atoms with Gasteiger partial charge in [0.1, 0.15) is 11.4 Å². The largest absolute Gasteiger partial charge is 0.384 e. The van der Waals surface area contributed by atoms with Crippen molar-refractivity contribution in [3.05, 3.63) is 56.2 Å². The average Bonchev–Trinajstić information content (AvgIpc) is 3.12. The first-order valence-corrected chi connectivity index (χ1v) is 9.90. The van der Waals surface area contributed by atoms with Crippen LogP contribution in [-0.2, 0) is 6.54 Å². The fourth-order valence-electron chi connectivity index (χ4n) is 2.72. The van der Waals surface area contributed by atoms with Crippen LogP contribution in [0.5, 0.6) is 0 Å². The molecule has 0 saturated carbocycles. The lowest BCUT2D eigenvalue weighted by molar-refractivity contribution is 0.102. The number of hydrogen-bond acceptors (Lipinski definition) is 8. The third-order valence-corrected chi connectivity index (χ3v) is 5.04. The molecule has 152 valence electrons. The standard InChI is InChI=1S/C18H21N7O3S/c1-10(2)8-24-15(19)14(16(27)20-17(24)28)13(26)9-29-18-21-22-23-25(18)12-6-4-11(3)5-7-12/h4-7,10H,8-9,19H2,1-3H3,(H,20,27,28). The number of tetrazole rings is 1. The Hall–Kier alpha value is -3.21. The molecule has 3 aromatic rings. The van der Waals surface area contributed by atoms with E-state index in [2.05, 4.69) is 20.5 Å². The van der Waals surface area contributed by atoms with E-state index >= 15 is 0 Å². The summed E-state index contributed by atoms with van der Waals surface area (Å²) in [6.45, 7) is 6.07. The molecule has 3 N–H and O–H groups in total. The van der Waals surface area contributed by atoms with Crippen molar-refractivity contribution in [3.63, 3.8) is 0 Å². The summed E-state index contributed by atoms with van der Waals surface area (Å²) in [4.78, 5) is 39.1. The van der Waals surface area contributed by atoms with Gasteiger partial charge in [0.15, 0.2) is 5.78 Å². The molecule has 3 rings (SSSR count). The summed E-state index contributed by atoms with van der Waals surface area (Å²) >= 11 is 1.08. The molecule has 0 radical (unpaired) electrons. The zero-order valence-corrected chi connectivity index (χ0v) is 17.1. The molecule has 29 heavy (non-hydrogen) atoms. The van der Waals surface area contributed by atoms with Crippen molar-refractivity contribution in [3.8, 4) is 5.69 Å². The molecule has 0 saturated heterocycles. The van der Waals surface area contributed by atoms with Crippen LogP contribution in [0, 0.1) is 12.8 Å². The van der Waals surface area contributed by atoms with Crippen LogP contribution in [0.4, 0.5) is 5.82 Å². The van der Waals surface area contributed by atoms with E-state index in [0.29, 0.717) is 11.7 Å². The summed E-state index contributed by atoms with van der Waals surface area (Å²) in [7, 11) is 0. The zero-order valence-electron chi connectivity index (χ0n) is 16.2. The topological polar surface area (TPSA) is 142 Å². The van der Waals surface area contributed by atoms with Gasteiger partial charge in [0.05, 0.1) is 11.4 Å². The number of ketones is 1. The van der Waals surface area contributed by atoms with E-state index in [1.165, 1.54) is 9.25 Å². The Labute approximate surface area is 170 Å². The number of carbonyl (C=O) groups excluding carboxylic acids is 1. The Bertz CT molecular complexity index is 1150. The molecule has 0 aliphatic rings. The first kappa shape index (κ1) is 20.5. The Kier molecular flexibility index (Phi) is 5.97. The molecule has 0 unspecified atom stereocenters. The van der Waals surface area contributed by atoms with Crippen molar-refractivity contribution in [2.24, 2.45) is 5.92 Å². The Balaban J connectivity index is 1.84. The Morgan fingerprint density at radius 2 is 1.93 bits per heavy atom. The van der Waals surface area contributed by atoms with E-state index in [1.54, 1.807) is 0 Å². The highest BCUT2D eigenvalue weighted by molar-refractivity contribution is 7.99. The zero-order chi connectivity index (χ0) is 21.1. The predicted octanol–water partition coefficient (Wildman–Crippen LogP) is 1.03. The molecular formula is C18H21N7O3S. The maximum Gasteiger partial charge on any atom is 0.329 e. The second-order valence-corrected chi connectivity index (χ2v) is 7.89. The molecule has 2 aromatic heterocycles. The molecule has 0 aliphatic heterocycles. The number of Topliss-reactive ketones (excluding diaryl/α,β-unsaturated/α-hetero) is 1. The average molecular weight is 415 g/mol. The molecule has 10 nitrogen and oxygen atoms in total. The smallest absolute Gasteiger partial charge is 0.329 e. The number of nitrogen functional groups attached to an aromatic ring is 1. The summed E-state index contributed by atoms with van der Waals surface area (Å²) in [5.74, 6) is -0.641. The van der Waals surface area contributed by atoms with Crippen LogP contribution < -0.4 is 17.0 Å². The molecule has 11 heteroatoms. The van der Waals surface area contributed by atoms with Gasteiger partial charge in [0.25, 0.3) is 5.56 Å². The Morgan fingerprint density at radius 1 is 1.24 bits per heavy atom. The molecule has 2 heterocycles. The highest BCUT2D eigenvalue weighted by atomic mass is 32.2. The number of nitrogens with two attached hydrogens (primary N) is 1. The lowest BCUT2D eigenvalue weighted by Gasteiger charge is -2.13. The minimum Gasteiger partial charge on any atom is -0.384 e. The van der Waals surface area contributed by atoms with Gasteiger partial charge in [-0.25, -0.2) is 4.79 Å². The molecule has 0 fully saturated rings. The van der Waals surface area contributed by atoms with E-state index in [9.17, 15) is 14.4 Å². The van der Waals surface area contributed by atoms with Crippen molar-refractivity contribution < 1.29 is 4.79 Å². The van der Waals surface area contributed by atoms with Gasteiger partial charge in [-0.1, -0.05) is 43.3 Å². The number of H-pyrrole nitrogens is 1. The van der Waals surface area contributed by atoms with Crippen LogP contribution in [0.2, 0.25) is 0 Å². The predicted molar refractivity (Wildman–Crippen MR) is 110 cm³/mol. The van der Waals surface area contributed by atoms with Crippen molar-refractivity contribution >= 4 is 23.4 Å². The van der Waals surface area contributed by atoms with Gasteiger partial charge < -0.3 is 5.73 Å². The number of nitrogens with one attached hydrogen (secondary N) is 1. The fourth-order valence-corrected chi connectivity index (χ4v) is 3.49. The van der Waals surface area contributed by atoms with Gasteiger partial charge in [-0.05, 0) is 35.4 Å². The minimum absolute atomic E-state index is 0.109. The lowest BCUT2D eigenvalue weighted by Crippen LogP contribution is -2.37. The highest BCUT2D eigenvalue weighted by Gasteiger charge is 2.21. The van der Waals surface area contributed by atoms with Crippen LogP contribution in [0.3, 0.4) is 0 Å². The normalized spacial score (nSPS) is 11.2. The van der Waals surface area contributed by atoms with Crippen molar-refractivity contribution in [1.82, 2.24) is 29.8 Å². The molecule has 1 aromatic carbocycles. The second-order valence-electron chi connectivity index (χ2n) is 6.94. The first-order valence-electron chi connectivity index (χ1n) is 8.92. The molecule has 0 atom stereocenters. The minimum atomic E-state index is -0.795. The summed E-state index contributed by atoms with van der Waals surface area (Å²) < 4.78 is 2.71. The first-order chi connectivity index (χ1) is 13.8. The number of aryl methyl sites for hydroxylation is 1. The molecule has 0 amide bonds. The number of aromatic nitrogens is 6. The molecule has 0 aliphatic carbocycles. The van der Waals surface area contributed by atoms with E-state index in [4.69, 9.17) is 5.73 Å². The van der Waals surface area contributed by atoms with Crippen LogP contribution in [0.15, 0.2) is 39.0 Å². The number of thioether (sulfide) groups is 1. The maximum atomic E-state index is 12.7. The van der Waals surface area contributed by atoms with Gasteiger partial charge in [-0.2, -0.15) is 4.68 Å². The van der Waals surface area contributed by atoms with Crippen LogP contribution in [-0.4, -0.2) is 41.3 Å². The van der Waals surface area contributed by atoms with Crippen molar-refractivity contribution in [2.45, 2.75) is 32.5 Å². The second kappa shape index (κ2) is 8.43. The summed E-state index contributed by atoms with van der Waals surface area (Å²) in [5, 5.41) is 11.9. The molecular weight excluding hydrogens is 394 g/mol. The number of rotatable bonds is 7. The maximum absolute atomic E-state index is 12.7. The summed E-state index contributed by atoms with van der Waals surface area (Å²) in [6.07, 6.45) is 0. The van der Waals surface area contributed by atoms with Gasteiger partial charge in [0.2, 0.25) is 5.16 Å². The van der Waals surface area contributed by atoms with Crippen molar-refractivity contribution in [1.29, 1.82) is 0 Å². The third kappa shape index (κ3) is 4.45. The Morgan fingerprint density at radius 3 is 2.59 bits per heavy atom. The van der Waals surface area contributed by atoms with E-state index in [-0.39, 0.29) is 23.1 Å². The monoisotopic (exact) mass is 415 g/mol. The number of anilines is 1. The number of aromatic amines is 1. The highest BCUT2D eigenvalue weighted by Crippen LogP contribution is 2.20. The quantitative estimate of drug-likeness (QED) is 0.430. The molecule has 0 bridgehead atoms. The van der Waals surface area contributed by atoms with Crippen LogP contribution in [0.1, 0.15) is 29.8 Å². The van der Waals surface area contributed by atoms with Crippen LogP contribution >= 0.6 is 11.8 Å². The lowest BCUT2D eigenvalue weighted by atomic mass is 10.2. The molecule has 0 spiro atoms.